The second-order valence-electron chi connectivity index (χ2n) is 5.78. The van der Waals surface area contributed by atoms with Crippen LogP contribution in [0, 0.1) is 5.92 Å². The Hall–Kier alpha value is -2.50. The van der Waals surface area contributed by atoms with Gasteiger partial charge in [-0.1, -0.05) is 0 Å². The normalized spacial score (nSPS) is 24.7. The average Bonchev–Trinajstić information content (AvgIpc) is 3.05. The maximum atomic E-state index is 11.7. The number of hydrogen-bond acceptors (Lipinski definition) is 4. The van der Waals surface area contributed by atoms with Crippen LogP contribution in [0.2, 0.25) is 0 Å². The van der Waals surface area contributed by atoms with Crippen molar-refractivity contribution in [1.82, 2.24) is 9.97 Å². The second kappa shape index (κ2) is 4.76. The number of aromatic amines is 1. The van der Waals surface area contributed by atoms with E-state index in [9.17, 15) is 4.79 Å². The summed E-state index contributed by atoms with van der Waals surface area (Å²) in [5, 5.41) is 0. The Kier molecular flexibility index (Phi) is 2.85. The lowest BCUT2D eigenvalue weighted by atomic mass is 10.0. The van der Waals surface area contributed by atoms with Crippen LogP contribution >= 0.6 is 0 Å². The maximum Gasteiger partial charge on any atom is 0.413 e. The molecule has 1 aliphatic heterocycles. The van der Waals surface area contributed by atoms with Crippen LogP contribution in [0.25, 0.3) is 0 Å². The largest absolute Gasteiger partial charge is 0.493 e. The van der Waals surface area contributed by atoms with E-state index in [1.807, 2.05) is 24.4 Å². The van der Waals surface area contributed by atoms with Gasteiger partial charge in [-0.3, -0.25) is 4.90 Å². The number of nitrogens with one attached hydrogen (secondary N) is 1. The number of carbonyl (C=O) groups excluding carboxylic acids is 1. The van der Waals surface area contributed by atoms with Crippen molar-refractivity contribution in [3.05, 3.63) is 42.0 Å². The maximum absolute atomic E-state index is 11.7. The fourth-order valence-electron chi connectivity index (χ4n) is 3.44. The van der Waals surface area contributed by atoms with E-state index < -0.39 is 0 Å². The minimum atomic E-state index is -0.380. The molecule has 2 aliphatic rings. The lowest BCUT2D eigenvalue weighted by molar-refractivity contribution is 0.180. The molecule has 0 spiro atoms. The number of methoxy groups -OCH3 is 1. The first-order valence-electron chi connectivity index (χ1n) is 7.27. The summed E-state index contributed by atoms with van der Waals surface area (Å²) in [6.07, 6.45) is 3.21. The third-order valence-corrected chi connectivity index (χ3v) is 4.67. The van der Waals surface area contributed by atoms with Gasteiger partial charge < -0.3 is 14.5 Å². The molecule has 0 saturated heterocycles. The SMILES string of the molecule is COC(=O)N(C)c1ccc2c(c1)[C@@H]1[C@H](CO2)[C@H]1c1cnc[nH]1. The molecule has 22 heavy (non-hydrogen) atoms. The lowest BCUT2D eigenvalue weighted by Gasteiger charge is -2.20. The van der Waals surface area contributed by atoms with E-state index in [-0.39, 0.29) is 6.09 Å². The summed E-state index contributed by atoms with van der Waals surface area (Å²) in [6.45, 7) is 0.730. The number of hydrogen-bond donors (Lipinski definition) is 1. The van der Waals surface area contributed by atoms with Gasteiger partial charge in [-0.2, -0.15) is 0 Å². The van der Waals surface area contributed by atoms with Crippen molar-refractivity contribution >= 4 is 11.8 Å². The standard InChI is InChI=1S/C16H17N3O3/c1-19(16(20)21-2)9-3-4-13-10(5-9)14-11(7-22-13)15(14)12-6-17-8-18-12/h3-6,8,11,14-15H,7H2,1-2H3,(H,17,18)/t11-,14+,15-/m0/s1. The van der Waals surface area contributed by atoms with E-state index >= 15 is 0 Å². The van der Waals surface area contributed by atoms with Crippen LogP contribution in [0.1, 0.15) is 23.1 Å². The summed E-state index contributed by atoms with van der Waals surface area (Å²) < 4.78 is 10.6. The molecule has 1 fully saturated rings. The third kappa shape index (κ3) is 1.87. The molecule has 1 aliphatic carbocycles. The van der Waals surface area contributed by atoms with Crippen LogP contribution in [-0.2, 0) is 4.74 Å². The van der Waals surface area contributed by atoms with Gasteiger partial charge in [0, 0.05) is 47.9 Å². The Labute approximate surface area is 128 Å². The van der Waals surface area contributed by atoms with Gasteiger partial charge in [0.15, 0.2) is 0 Å². The molecule has 2 aromatic rings. The zero-order valence-electron chi connectivity index (χ0n) is 12.4. The number of fused-ring (bicyclic) bond motifs is 3. The van der Waals surface area contributed by atoms with Crippen LogP contribution in [0.4, 0.5) is 10.5 Å². The number of benzene rings is 1. The quantitative estimate of drug-likeness (QED) is 0.925. The molecule has 3 atom stereocenters. The highest BCUT2D eigenvalue weighted by Crippen LogP contribution is 2.64. The summed E-state index contributed by atoms with van der Waals surface area (Å²) in [5.74, 6) is 2.23. The molecule has 1 amide bonds. The number of imidazole rings is 1. The van der Waals surface area contributed by atoms with Crippen molar-refractivity contribution in [3.8, 4) is 5.75 Å². The van der Waals surface area contributed by atoms with Crippen molar-refractivity contribution < 1.29 is 14.3 Å². The molecular weight excluding hydrogens is 282 g/mol. The molecule has 1 N–H and O–H groups in total. The van der Waals surface area contributed by atoms with Gasteiger partial charge in [-0.15, -0.1) is 0 Å². The minimum Gasteiger partial charge on any atom is -0.493 e. The number of carbonyl (C=O) groups is 1. The number of ether oxygens (including phenoxy) is 2. The van der Waals surface area contributed by atoms with Gasteiger partial charge in [0.2, 0.25) is 0 Å². The fraction of sp³-hybridized carbons (Fsp3) is 0.375. The van der Waals surface area contributed by atoms with Gasteiger partial charge in [-0.25, -0.2) is 9.78 Å². The first kappa shape index (κ1) is 13.2. The molecule has 1 aromatic carbocycles. The average molecular weight is 299 g/mol. The van der Waals surface area contributed by atoms with Crippen molar-refractivity contribution in [2.24, 2.45) is 5.92 Å². The van der Waals surface area contributed by atoms with Gasteiger partial charge in [0.1, 0.15) is 5.75 Å². The van der Waals surface area contributed by atoms with E-state index in [1.54, 1.807) is 13.4 Å². The summed E-state index contributed by atoms with van der Waals surface area (Å²) in [4.78, 5) is 20.5. The molecule has 4 rings (SSSR count). The van der Waals surface area contributed by atoms with Crippen molar-refractivity contribution in [1.29, 1.82) is 0 Å². The molecule has 114 valence electrons. The first-order valence-corrected chi connectivity index (χ1v) is 7.27. The summed E-state index contributed by atoms with van der Waals surface area (Å²) in [5.41, 5.74) is 3.12. The van der Waals surface area contributed by atoms with Crippen molar-refractivity contribution in [3.63, 3.8) is 0 Å². The van der Waals surface area contributed by atoms with E-state index in [2.05, 4.69) is 9.97 Å². The van der Waals surface area contributed by atoms with Crippen LogP contribution in [0.3, 0.4) is 0 Å². The molecule has 2 heterocycles. The molecular formula is C16H17N3O3. The molecule has 0 bridgehead atoms. The van der Waals surface area contributed by atoms with Gasteiger partial charge >= 0.3 is 6.09 Å². The molecule has 6 nitrogen and oxygen atoms in total. The number of aromatic nitrogens is 2. The molecule has 0 radical (unpaired) electrons. The topological polar surface area (TPSA) is 67.4 Å². The predicted octanol–water partition coefficient (Wildman–Crippen LogP) is 2.50. The predicted molar refractivity (Wildman–Crippen MR) is 80.3 cm³/mol. The zero-order valence-corrected chi connectivity index (χ0v) is 12.4. The first-order chi connectivity index (χ1) is 10.7. The van der Waals surface area contributed by atoms with Crippen molar-refractivity contribution in [2.45, 2.75) is 11.8 Å². The highest BCUT2D eigenvalue weighted by molar-refractivity contribution is 5.87. The number of H-pyrrole nitrogens is 1. The molecule has 6 heteroatoms. The number of nitrogens with zero attached hydrogens (tertiary/aromatic N) is 2. The Morgan fingerprint density at radius 1 is 1.45 bits per heavy atom. The molecule has 0 unspecified atom stereocenters. The fourth-order valence-corrected chi connectivity index (χ4v) is 3.44. The third-order valence-electron chi connectivity index (χ3n) is 4.67. The Bertz CT molecular complexity index is 713. The van der Waals surface area contributed by atoms with Crippen LogP contribution in [-0.4, -0.2) is 36.8 Å². The summed E-state index contributed by atoms with van der Waals surface area (Å²) in [6, 6.07) is 5.84. The highest BCUT2D eigenvalue weighted by atomic mass is 16.5. The van der Waals surface area contributed by atoms with Crippen molar-refractivity contribution in [2.75, 3.05) is 25.7 Å². The van der Waals surface area contributed by atoms with E-state index in [0.29, 0.717) is 17.8 Å². The van der Waals surface area contributed by atoms with E-state index in [1.165, 1.54) is 12.0 Å². The minimum absolute atomic E-state index is 0.380. The van der Waals surface area contributed by atoms with E-state index in [0.717, 1.165) is 29.3 Å². The number of rotatable bonds is 2. The Morgan fingerprint density at radius 3 is 3.05 bits per heavy atom. The van der Waals surface area contributed by atoms with Gasteiger partial charge in [-0.05, 0) is 18.2 Å². The number of anilines is 1. The van der Waals surface area contributed by atoms with Gasteiger partial charge in [0.25, 0.3) is 0 Å². The lowest BCUT2D eigenvalue weighted by Crippen LogP contribution is -2.26. The summed E-state index contributed by atoms with van der Waals surface area (Å²) in [7, 11) is 3.08. The monoisotopic (exact) mass is 299 g/mol. The van der Waals surface area contributed by atoms with Crippen LogP contribution < -0.4 is 9.64 Å². The highest BCUT2D eigenvalue weighted by Gasteiger charge is 2.56. The summed E-state index contributed by atoms with van der Waals surface area (Å²) >= 11 is 0. The number of amides is 1. The zero-order chi connectivity index (χ0) is 15.3. The molecule has 1 aromatic heterocycles. The second-order valence-corrected chi connectivity index (χ2v) is 5.78. The van der Waals surface area contributed by atoms with Crippen LogP contribution in [0.5, 0.6) is 5.75 Å². The van der Waals surface area contributed by atoms with E-state index in [4.69, 9.17) is 9.47 Å². The van der Waals surface area contributed by atoms with Crippen LogP contribution in [0.15, 0.2) is 30.7 Å². The smallest absolute Gasteiger partial charge is 0.413 e. The Morgan fingerprint density at radius 2 is 2.32 bits per heavy atom. The Balaban J connectivity index is 1.67. The van der Waals surface area contributed by atoms with Gasteiger partial charge in [0.05, 0.1) is 20.0 Å². The molecule has 1 saturated carbocycles.